The molecule has 0 spiro atoms. The molecule has 0 bridgehead atoms. The Hall–Kier alpha value is -3.50. The fourth-order valence-electron chi connectivity index (χ4n) is 2.43. The molecule has 3 rings (SSSR count). The van der Waals surface area contributed by atoms with Gasteiger partial charge in [-0.25, -0.2) is 14.6 Å². The van der Waals surface area contributed by atoms with Crippen molar-refractivity contribution in [1.29, 1.82) is 0 Å². The lowest BCUT2D eigenvalue weighted by molar-refractivity contribution is -0.152. The minimum absolute atomic E-state index is 0.0460. The number of carbonyl (C=O) groups is 2. The van der Waals surface area contributed by atoms with E-state index in [2.05, 4.69) is 15.0 Å². The number of carbonyl (C=O) groups excluding carboxylic acids is 1. The number of nitrogens with zero attached hydrogens (tertiary/aromatic N) is 5. The first-order valence-corrected chi connectivity index (χ1v) is 7.76. The van der Waals surface area contributed by atoms with E-state index in [1.165, 1.54) is 11.2 Å². The number of imidazole rings is 1. The Kier molecular flexibility index (Phi) is 4.52. The van der Waals surface area contributed by atoms with E-state index in [0.29, 0.717) is 11.1 Å². The third kappa shape index (κ3) is 3.18. The van der Waals surface area contributed by atoms with Crippen molar-refractivity contribution in [1.82, 2.24) is 19.5 Å². The van der Waals surface area contributed by atoms with E-state index in [9.17, 15) is 19.1 Å². The van der Waals surface area contributed by atoms with Gasteiger partial charge in [0.05, 0.1) is 0 Å². The Bertz CT molecular complexity index is 1010. The second kappa shape index (κ2) is 6.67. The minimum Gasteiger partial charge on any atom is -0.476 e. The van der Waals surface area contributed by atoms with Gasteiger partial charge in [0, 0.05) is 25.2 Å². The standard InChI is InChI=1S/C16H16FN5O5/c1-7-8(2)15(27-14(7)25)26-5-9(13(23)24)22-6-18-10-11(21(3)4)19-16(17)20-12(10)22/h5-6,15H,1-4H3,(H,23,24)/b9-5-. The van der Waals surface area contributed by atoms with Gasteiger partial charge in [-0.1, -0.05) is 0 Å². The molecule has 0 amide bonds. The summed E-state index contributed by atoms with van der Waals surface area (Å²) in [7, 11) is 3.28. The van der Waals surface area contributed by atoms with Gasteiger partial charge in [0.1, 0.15) is 12.6 Å². The van der Waals surface area contributed by atoms with Gasteiger partial charge in [0.2, 0.25) is 0 Å². The molecule has 2 aromatic rings. The molecule has 0 radical (unpaired) electrons. The van der Waals surface area contributed by atoms with Gasteiger partial charge in [-0.2, -0.15) is 14.4 Å². The number of rotatable bonds is 5. The summed E-state index contributed by atoms with van der Waals surface area (Å²) >= 11 is 0. The van der Waals surface area contributed by atoms with Gasteiger partial charge < -0.3 is 19.5 Å². The van der Waals surface area contributed by atoms with E-state index < -0.39 is 30.0 Å². The number of ether oxygens (including phenoxy) is 2. The van der Waals surface area contributed by atoms with Crippen LogP contribution in [0.2, 0.25) is 0 Å². The Labute approximate surface area is 152 Å². The number of esters is 1. The summed E-state index contributed by atoms with van der Waals surface area (Å²) < 4.78 is 25.2. The third-order valence-corrected chi connectivity index (χ3v) is 4.02. The quantitative estimate of drug-likeness (QED) is 0.354. The summed E-state index contributed by atoms with van der Waals surface area (Å²) in [6.07, 6.45) is 0.00537. The number of aromatic nitrogens is 4. The first-order valence-electron chi connectivity index (χ1n) is 7.76. The Morgan fingerprint density at radius 1 is 1.41 bits per heavy atom. The second-order valence-electron chi connectivity index (χ2n) is 5.99. The van der Waals surface area contributed by atoms with Crippen LogP contribution in [0, 0.1) is 6.08 Å². The van der Waals surface area contributed by atoms with Gasteiger partial charge in [0.15, 0.2) is 22.7 Å². The molecule has 27 heavy (non-hydrogen) atoms. The number of carboxylic acid groups (broad SMARTS) is 1. The molecular weight excluding hydrogens is 361 g/mol. The van der Waals surface area contributed by atoms with E-state index in [1.807, 2.05) is 0 Å². The van der Waals surface area contributed by atoms with E-state index in [-0.39, 0.29) is 17.0 Å². The molecule has 1 aliphatic heterocycles. The number of carboxylic acids is 1. The molecule has 142 valence electrons. The first kappa shape index (κ1) is 18.3. The average Bonchev–Trinajstić information content (AvgIpc) is 3.11. The van der Waals surface area contributed by atoms with Crippen LogP contribution in [0.3, 0.4) is 0 Å². The number of halogens is 1. The smallest absolute Gasteiger partial charge is 0.356 e. The zero-order chi connectivity index (χ0) is 19.9. The Morgan fingerprint density at radius 2 is 2.11 bits per heavy atom. The van der Waals surface area contributed by atoms with E-state index >= 15 is 0 Å². The summed E-state index contributed by atoms with van der Waals surface area (Å²) in [4.78, 5) is 36.1. The van der Waals surface area contributed by atoms with Gasteiger partial charge in [-0.3, -0.25) is 4.57 Å². The van der Waals surface area contributed by atoms with Crippen LogP contribution in [0.5, 0.6) is 0 Å². The van der Waals surface area contributed by atoms with Crippen molar-refractivity contribution in [3.05, 3.63) is 29.8 Å². The van der Waals surface area contributed by atoms with Crippen LogP contribution < -0.4 is 4.90 Å². The zero-order valence-corrected chi connectivity index (χ0v) is 14.9. The van der Waals surface area contributed by atoms with E-state index in [4.69, 9.17) is 9.47 Å². The Morgan fingerprint density at radius 3 is 2.67 bits per heavy atom. The summed E-state index contributed by atoms with van der Waals surface area (Å²) in [5, 5.41) is 9.53. The molecule has 11 heteroatoms. The monoisotopic (exact) mass is 377 g/mol. The number of cyclic esters (lactones) is 1. The molecule has 3 heterocycles. The van der Waals surface area contributed by atoms with Crippen molar-refractivity contribution < 1.29 is 28.6 Å². The first-order chi connectivity index (χ1) is 12.7. The molecule has 2 aromatic heterocycles. The summed E-state index contributed by atoms with van der Waals surface area (Å²) in [6.45, 7) is 3.21. The average molecular weight is 377 g/mol. The maximum Gasteiger partial charge on any atom is 0.356 e. The third-order valence-electron chi connectivity index (χ3n) is 4.02. The van der Waals surface area contributed by atoms with Crippen molar-refractivity contribution >= 4 is 34.6 Å². The summed E-state index contributed by atoms with van der Waals surface area (Å²) in [6, 6.07) is 0. The SMILES string of the molecule is CC1=C(C)C(O/C=C(/C(=O)O)n2cnc3c(N(C)C)nc(F)nc32)OC1=O. The van der Waals surface area contributed by atoms with Crippen LogP contribution >= 0.6 is 0 Å². The molecule has 0 saturated carbocycles. The van der Waals surface area contributed by atoms with Gasteiger partial charge in [-0.05, 0) is 13.8 Å². The normalized spacial score (nSPS) is 17.4. The van der Waals surface area contributed by atoms with Crippen LogP contribution in [0.25, 0.3) is 16.9 Å². The molecule has 1 unspecified atom stereocenters. The summed E-state index contributed by atoms with van der Waals surface area (Å²) in [5.74, 6) is -1.72. The number of hydrogen-bond donors (Lipinski definition) is 1. The van der Waals surface area contributed by atoms with Crippen molar-refractivity contribution in [3.8, 4) is 0 Å². The largest absolute Gasteiger partial charge is 0.476 e. The van der Waals surface area contributed by atoms with Crippen molar-refractivity contribution in [2.24, 2.45) is 0 Å². The molecule has 1 aliphatic rings. The number of hydrogen-bond acceptors (Lipinski definition) is 8. The molecule has 0 fully saturated rings. The lowest BCUT2D eigenvalue weighted by Gasteiger charge is -2.13. The fourth-order valence-corrected chi connectivity index (χ4v) is 2.43. The number of fused-ring (bicyclic) bond motifs is 1. The molecule has 1 N–H and O–H groups in total. The topological polar surface area (TPSA) is 120 Å². The molecule has 1 atom stereocenters. The van der Waals surface area contributed by atoms with Crippen LogP contribution in [0.1, 0.15) is 13.8 Å². The molecule has 0 saturated heterocycles. The van der Waals surface area contributed by atoms with Crippen LogP contribution in [0.4, 0.5) is 10.2 Å². The molecular formula is C16H16FN5O5. The highest BCUT2D eigenvalue weighted by Gasteiger charge is 2.30. The fraction of sp³-hybridized carbons (Fsp3) is 0.312. The summed E-state index contributed by atoms with van der Waals surface area (Å²) in [5.41, 5.74) is 0.695. The van der Waals surface area contributed by atoms with Crippen LogP contribution in [-0.4, -0.2) is 56.9 Å². The number of aliphatic carboxylic acids is 1. The van der Waals surface area contributed by atoms with Crippen molar-refractivity contribution in [3.63, 3.8) is 0 Å². The predicted octanol–water partition coefficient (Wildman–Crippen LogP) is 1.15. The lowest BCUT2D eigenvalue weighted by Crippen LogP contribution is -2.16. The van der Waals surface area contributed by atoms with Crippen molar-refractivity contribution in [2.45, 2.75) is 20.1 Å². The van der Waals surface area contributed by atoms with E-state index in [1.54, 1.807) is 27.9 Å². The van der Waals surface area contributed by atoms with Gasteiger partial charge >= 0.3 is 18.0 Å². The molecule has 0 aliphatic carbocycles. The molecule has 0 aromatic carbocycles. The van der Waals surface area contributed by atoms with Crippen LogP contribution in [0.15, 0.2) is 23.7 Å². The minimum atomic E-state index is -1.37. The van der Waals surface area contributed by atoms with Crippen LogP contribution in [-0.2, 0) is 19.1 Å². The zero-order valence-electron chi connectivity index (χ0n) is 14.9. The highest BCUT2D eigenvalue weighted by Crippen LogP contribution is 2.26. The van der Waals surface area contributed by atoms with Crippen molar-refractivity contribution in [2.75, 3.05) is 19.0 Å². The maximum absolute atomic E-state index is 13.8. The highest BCUT2D eigenvalue weighted by atomic mass is 19.1. The highest BCUT2D eigenvalue weighted by molar-refractivity contribution is 6.10. The van der Waals surface area contributed by atoms with E-state index in [0.717, 1.165) is 10.8 Å². The second-order valence-corrected chi connectivity index (χ2v) is 5.99. The number of anilines is 1. The van der Waals surface area contributed by atoms with Gasteiger partial charge in [0.25, 0.3) is 6.29 Å². The van der Waals surface area contributed by atoms with Gasteiger partial charge in [-0.15, -0.1) is 0 Å². The molecule has 10 nitrogen and oxygen atoms in total. The lowest BCUT2D eigenvalue weighted by atomic mass is 10.2. The Balaban J connectivity index is 2.04. The predicted molar refractivity (Wildman–Crippen MR) is 90.9 cm³/mol. The maximum atomic E-state index is 13.8.